The van der Waals surface area contributed by atoms with Crippen molar-refractivity contribution in [2.45, 2.75) is 25.1 Å². The molecule has 1 aromatic carbocycles. The lowest BCUT2D eigenvalue weighted by atomic mass is 10.2. The van der Waals surface area contributed by atoms with E-state index in [1.165, 1.54) is 0 Å². The molecule has 0 aliphatic heterocycles. The lowest BCUT2D eigenvalue weighted by molar-refractivity contribution is 0.572. The summed E-state index contributed by atoms with van der Waals surface area (Å²) >= 11 is 3.34. The summed E-state index contributed by atoms with van der Waals surface area (Å²) in [6.07, 6.45) is 0.280. The third-order valence-electron chi connectivity index (χ3n) is 2.31. The van der Waals surface area contributed by atoms with Crippen LogP contribution in [-0.2, 0) is 16.6 Å². The highest BCUT2D eigenvalue weighted by atomic mass is 79.9. The first-order chi connectivity index (χ1) is 8.01. The number of nitrogens with zero attached hydrogens (tertiary/aromatic N) is 1. The second kappa shape index (κ2) is 6.15. The standard InChI is InChI=1S/C11H13BrN2O2S/c1-2-10(7-13)17(15,16)14-8-9-5-3-4-6-11(9)12/h3-6,10,14H,2,8H2,1H3. The lowest BCUT2D eigenvalue weighted by Crippen LogP contribution is -2.32. The average Bonchev–Trinajstić information content (AvgIpc) is 2.29. The Bertz CT molecular complexity index is 523. The van der Waals surface area contributed by atoms with Crippen LogP contribution in [0.3, 0.4) is 0 Å². The summed E-state index contributed by atoms with van der Waals surface area (Å²) in [6.45, 7) is 1.85. The number of rotatable bonds is 5. The molecule has 0 fully saturated rings. The first-order valence-corrected chi connectivity index (χ1v) is 7.46. The summed E-state index contributed by atoms with van der Waals surface area (Å²) in [7, 11) is -3.57. The molecule has 1 aromatic rings. The smallest absolute Gasteiger partial charge is 0.211 e. The Kier molecular flexibility index (Phi) is 5.12. The molecule has 0 saturated heterocycles. The summed E-state index contributed by atoms with van der Waals surface area (Å²) in [5, 5.41) is 7.74. The van der Waals surface area contributed by atoms with Gasteiger partial charge in [0.25, 0.3) is 0 Å². The zero-order chi connectivity index (χ0) is 12.9. The van der Waals surface area contributed by atoms with E-state index in [0.717, 1.165) is 10.0 Å². The maximum Gasteiger partial charge on any atom is 0.228 e. The summed E-state index contributed by atoms with van der Waals surface area (Å²) in [6, 6.07) is 9.12. The lowest BCUT2D eigenvalue weighted by Gasteiger charge is -2.10. The fraction of sp³-hybridized carbons (Fsp3) is 0.364. The van der Waals surface area contributed by atoms with Crippen LogP contribution in [-0.4, -0.2) is 13.7 Å². The molecular formula is C11H13BrN2O2S. The highest BCUT2D eigenvalue weighted by Gasteiger charge is 2.22. The second-order valence-electron chi connectivity index (χ2n) is 3.48. The molecule has 1 rings (SSSR count). The van der Waals surface area contributed by atoms with E-state index in [1.54, 1.807) is 13.0 Å². The fourth-order valence-corrected chi connectivity index (χ4v) is 2.86. The van der Waals surface area contributed by atoms with Gasteiger partial charge >= 0.3 is 0 Å². The monoisotopic (exact) mass is 316 g/mol. The number of hydrogen-bond acceptors (Lipinski definition) is 3. The second-order valence-corrected chi connectivity index (χ2v) is 6.29. The summed E-state index contributed by atoms with van der Waals surface area (Å²) < 4.78 is 26.7. The number of hydrogen-bond donors (Lipinski definition) is 1. The van der Waals surface area contributed by atoms with Gasteiger partial charge in [0.05, 0.1) is 6.07 Å². The van der Waals surface area contributed by atoms with Gasteiger partial charge < -0.3 is 0 Å². The number of sulfonamides is 1. The van der Waals surface area contributed by atoms with E-state index in [0.29, 0.717) is 0 Å². The Morgan fingerprint density at radius 1 is 1.47 bits per heavy atom. The van der Waals surface area contributed by atoms with Crippen molar-refractivity contribution < 1.29 is 8.42 Å². The Morgan fingerprint density at radius 3 is 2.65 bits per heavy atom. The molecule has 6 heteroatoms. The molecule has 0 radical (unpaired) electrons. The maximum atomic E-state index is 11.7. The Morgan fingerprint density at radius 2 is 2.12 bits per heavy atom. The van der Waals surface area contributed by atoms with E-state index in [2.05, 4.69) is 20.7 Å². The van der Waals surface area contributed by atoms with Gasteiger partial charge in [0, 0.05) is 11.0 Å². The van der Waals surface area contributed by atoms with E-state index < -0.39 is 15.3 Å². The average molecular weight is 317 g/mol. The molecule has 4 nitrogen and oxygen atoms in total. The van der Waals surface area contributed by atoms with E-state index in [9.17, 15) is 8.42 Å². The normalized spacial score (nSPS) is 13.0. The predicted octanol–water partition coefficient (Wildman–Crippen LogP) is 2.17. The minimum Gasteiger partial charge on any atom is -0.211 e. The zero-order valence-corrected chi connectivity index (χ0v) is 11.8. The van der Waals surface area contributed by atoms with Gasteiger partial charge in [0.2, 0.25) is 10.0 Å². The van der Waals surface area contributed by atoms with Crippen LogP contribution in [0.2, 0.25) is 0 Å². The molecule has 92 valence electrons. The summed E-state index contributed by atoms with van der Waals surface area (Å²) in [4.78, 5) is 0. The molecule has 0 aromatic heterocycles. The molecule has 0 spiro atoms. The van der Waals surface area contributed by atoms with E-state index in [-0.39, 0.29) is 13.0 Å². The van der Waals surface area contributed by atoms with Gasteiger partial charge in [-0.2, -0.15) is 5.26 Å². The Balaban J connectivity index is 2.75. The molecule has 0 amide bonds. The summed E-state index contributed by atoms with van der Waals surface area (Å²) in [5.41, 5.74) is 0.837. The molecule has 1 unspecified atom stereocenters. The molecule has 0 aliphatic carbocycles. The molecule has 0 aliphatic rings. The van der Waals surface area contributed by atoms with E-state index >= 15 is 0 Å². The van der Waals surface area contributed by atoms with Crippen LogP contribution in [0.15, 0.2) is 28.7 Å². The molecule has 0 saturated carbocycles. The first-order valence-electron chi connectivity index (χ1n) is 5.12. The van der Waals surface area contributed by atoms with Crippen molar-refractivity contribution in [2.75, 3.05) is 0 Å². The van der Waals surface area contributed by atoms with Crippen molar-refractivity contribution in [3.8, 4) is 6.07 Å². The first kappa shape index (κ1) is 14.2. The number of nitriles is 1. The highest BCUT2D eigenvalue weighted by Crippen LogP contribution is 2.16. The summed E-state index contributed by atoms with van der Waals surface area (Å²) in [5.74, 6) is 0. The van der Waals surface area contributed by atoms with Crippen molar-refractivity contribution >= 4 is 26.0 Å². The highest BCUT2D eigenvalue weighted by molar-refractivity contribution is 9.10. The van der Waals surface area contributed by atoms with Crippen molar-refractivity contribution in [2.24, 2.45) is 0 Å². The van der Waals surface area contributed by atoms with Crippen LogP contribution in [0.1, 0.15) is 18.9 Å². The minimum absolute atomic E-state index is 0.182. The molecular weight excluding hydrogens is 304 g/mol. The number of halogens is 1. The van der Waals surface area contributed by atoms with Crippen molar-refractivity contribution in [3.05, 3.63) is 34.3 Å². The van der Waals surface area contributed by atoms with Gasteiger partial charge in [-0.25, -0.2) is 13.1 Å². The van der Waals surface area contributed by atoms with Crippen LogP contribution >= 0.6 is 15.9 Å². The third-order valence-corrected chi connectivity index (χ3v) is 4.82. The Hall–Kier alpha value is -0.900. The minimum atomic E-state index is -3.57. The van der Waals surface area contributed by atoms with Gasteiger partial charge in [0.15, 0.2) is 5.25 Å². The van der Waals surface area contributed by atoms with Crippen LogP contribution in [0.25, 0.3) is 0 Å². The molecule has 1 atom stereocenters. The van der Waals surface area contributed by atoms with Gasteiger partial charge in [-0.15, -0.1) is 0 Å². The van der Waals surface area contributed by atoms with Gasteiger partial charge in [-0.1, -0.05) is 41.1 Å². The SMILES string of the molecule is CCC(C#N)S(=O)(=O)NCc1ccccc1Br. The van der Waals surface area contributed by atoms with Crippen molar-refractivity contribution in [1.82, 2.24) is 4.72 Å². The molecule has 1 N–H and O–H groups in total. The number of benzene rings is 1. The number of nitrogens with one attached hydrogen (secondary N) is 1. The van der Waals surface area contributed by atoms with Crippen molar-refractivity contribution in [3.63, 3.8) is 0 Å². The fourth-order valence-electron chi connectivity index (χ4n) is 1.30. The Labute approximate surface area is 110 Å². The van der Waals surface area contributed by atoms with Gasteiger partial charge in [-0.05, 0) is 18.1 Å². The van der Waals surface area contributed by atoms with Crippen molar-refractivity contribution in [1.29, 1.82) is 5.26 Å². The van der Waals surface area contributed by atoms with E-state index in [4.69, 9.17) is 5.26 Å². The van der Waals surface area contributed by atoms with Crippen LogP contribution in [0.4, 0.5) is 0 Å². The zero-order valence-electron chi connectivity index (χ0n) is 9.35. The van der Waals surface area contributed by atoms with Gasteiger partial charge in [-0.3, -0.25) is 0 Å². The molecule has 0 bridgehead atoms. The quantitative estimate of drug-likeness (QED) is 0.905. The topological polar surface area (TPSA) is 70.0 Å². The predicted molar refractivity (Wildman–Crippen MR) is 69.6 cm³/mol. The maximum absolute atomic E-state index is 11.7. The van der Waals surface area contributed by atoms with Crippen LogP contribution < -0.4 is 4.72 Å². The molecule has 0 heterocycles. The van der Waals surface area contributed by atoms with Gasteiger partial charge in [0.1, 0.15) is 0 Å². The largest absolute Gasteiger partial charge is 0.228 e. The third kappa shape index (κ3) is 3.80. The molecule has 17 heavy (non-hydrogen) atoms. The van der Waals surface area contributed by atoms with Crippen LogP contribution in [0.5, 0.6) is 0 Å². The van der Waals surface area contributed by atoms with Crippen LogP contribution in [0, 0.1) is 11.3 Å². The van der Waals surface area contributed by atoms with E-state index in [1.807, 2.05) is 24.3 Å².